The highest BCUT2D eigenvalue weighted by atomic mass is 35.5. The molecule has 2 nitrogen and oxygen atoms in total. The number of hydrogen-bond donors (Lipinski definition) is 0. The first-order valence-electron chi connectivity index (χ1n) is 4.74. The van der Waals surface area contributed by atoms with Gasteiger partial charge in [-0.1, -0.05) is 29.8 Å². The van der Waals surface area contributed by atoms with Crippen LogP contribution in [0.4, 0.5) is 8.78 Å². The largest absolute Gasteiger partial charge is 0.334 e. The van der Waals surface area contributed by atoms with Gasteiger partial charge in [-0.15, -0.1) is 0 Å². The zero-order valence-electron chi connectivity index (χ0n) is 8.95. The summed E-state index contributed by atoms with van der Waals surface area (Å²) in [6.45, 7) is 1.65. The van der Waals surface area contributed by atoms with Gasteiger partial charge in [0.25, 0.3) is 5.91 Å². The average molecular weight is 248 g/mol. The number of carbonyl (C=O) groups is 1. The zero-order valence-corrected chi connectivity index (χ0v) is 9.71. The molecule has 0 aliphatic heterocycles. The maximum atomic E-state index is 12.2. The number of rotatable bonds is 3. The van der Waals surface area contributed by atoms with Crippen LogP contribution in [-0.4, -0.2) is 24.3 Å². The molecule has 16 heavy (non-hydrogen) atoms. The van der Waals surface area contributed by atoms with Gasteiger partial charge >= 0.3 is 6.43 Å². The van der Waals surface area contributed by atoms with E-state index in [9.17, 15) is 13.6 Å². The first-order chi connectivity index (χ1) is 7.45. The number of nitrogens with zero attached hydrogens (tertiary/aromatic N) is 1. The predicted molar refractivity (Wildman–Crippen MR) is 58.6 cm³/mol. The van der Waals surface area contributed by atoms with Gasteiger partial charge in [0.1, 0.15) is 0 Å². The van der Waals surface area contributed by atoms with E-state index in [1.54, 1.807) is 31.2 Å². The summed E-state index contributed by atoms with van der Waals surface area (Å²) in [5.41, 5.74) is 0.653. The van der Waals surface area contributed by atoms with E-state index in [2.05, 4.69) is 0 Å². The third-order valence-electron chi connectivity index (χ3n) is 2.47. The van der Waals surface area contributed by atoms with E-state index in [1.807, 2.05) is 0 Å². The lowest BCUT2D eigenvalue weighted by Crippen LogP contribution is -2.34. The highest BCUT2D eigenvalue weighted by Gasteiger charge is 2.25. The summed E-state index contributed by atoms with van der Waals surface area (Å²) >= 11 is 5.92. The van der Waals surface area contributed by atoms with Crippen molar-refractivity contribution >= 4 is 17.5 Å². The Hall–Kier alpha value is -1.16. The van der Waals surface area contributed by atoms with Crippen LogP contribution in [0.15, 0.2) is 24.3 Å². The van der Waals surface area contributed by atoms with E-state index < -0.39 is 18.4 Å². The van der Waals surface area contributed by atoms with E-state index >= 15 is 0 Å². The first kappa shape index (κ1) is 12.9. The second-order valence-corrected chi connectivity index (χ2v) is 3.85. The van der Waals surface area contributed by atoms with Gasteiger partial charge in [-0.25, -0.2) is 0 Å². The average Bonchev–Trinajstić information content (AvgIpc) is 2.26. The van der Waals surface area contributed by atoms with Gasteiger partial charge in [0.05, 0.1) is 6.04 Å². The Kier molecular flexibility index (Phi) is 4.24. The molecule has 1 rings (SSSR count). The number of benzene rings is 1. The molecular formula is C11H12ClF2NO. The fraction of sp³-hybridized carbons (Fsp3) is 0.364. The van der Waals surface area contributed by atoms with E-state index in [0.717, 1.165) is 4.90 Å². The number of carbonyl (C=O) groups excluding carboxylic acids is 1. The Labute approximate surface area is 97.8 Å². The summed E-state index contributed by atoms with van der Waals surface area (Å²) in [6.07, 6.45) is -2.99. The lowest BCUT2D eigenvalue weighted by atomic mass is 10.1. The van der Waals surface area contributed by atoms with E-state index in [1.165, 1.54) is 7.05 Å². The molecule has 0 fully saturated rings. The van der Waals surface area contributed by atoms with Crippen LogP contribution < -0.4 is 0 Å². The molecule has 0 saturated carbocycles. The van der Waals surface area contributed by atoms with Crippen molar-refractivity contribution in [3.8, 4) is 0 Å². The van der Waals surface area contributed by atoms with E-state index in [4.69, 9.17) is 11.6 Å². The summed E-state index contributed by atoms with van der Waals surface area (Å²) in [7, 11) is 1.34. The Bertz CT molecular complexity index is 384. The van der Waals surface area contributed by atoms with Crippen molar-refractivity contribution in [1.29, 1.82) is 0 Å². The fourth-order valence-corrected chi connectivity index (χ4v) is 1.66. The Balaban J connectivity index is 2.90. The van der Waals surface area contributed by atoms with Gasteiger partial charge in [0.15, 0.2) is 0 Å². The quantitative estimate of drug-likeness (QED) is 0.804. The molecule has 88 valence electrons. The van der Waals surface area contributed by atoms with E-state index in [-0.39, 0.29) is 0 Å². The normalized spacial score (nSPS) is 12.6. The van der Waals surface area contributed by atoms with Gasteiger partial charge in [0.2, 0.25) is 0 Å². The smallest absolute Gasteiger partial charge is 0.315 e. The minimum Gasteiger partial charge on any atom is -0.334 e. The fourth-order valence-electron chi connectivity index (χ4n) is 1.37. The zero-order chi connectivity index (χ0) is 12.3. The lowest BCUT2D eigenvalue weighted by Gasteiger charge is -2.25. The van der Waals surface area contributed by atoms with E-state index in [0.29, 0.717) is 10.6 Å². The minimum atomic E-state index is -2.99. The Morgan fingerprint density at radius 1 is 1.38 bits per heavy atom. The van der Waals surface area contributed by atoms with Crippen LogP contribution in [0.25, 0.3) is 0 Å². The molecule has 0 aliphatic carbocycles. The molecule has 1 aromatic rings. The molecule has 0 saturated heterocycles. The second-order valence-electron chi connectivity index (χ2n) is 3.45. The summed E-state index contributed by atoms with van der Waals surface area (Å²) < 4.78 is 24.5. The molecule has 1 unspecified atom stereocenters. The highest BCUT2D eigenvalue weighted by Crippen LogP contribution is 2.26. The standard InChI is InChI=1S/C11H12ClF2NO/c1-7(15(2)11(16)10(13)14)8-5-3-4-6-9(8)12/h3-7,10H,1-2H3. The molecule has 0 aliphatic rings. The van der Waals surface area contributed by atoms with Crippen molar-refractivity contribution in [3.63, 3.8) is 0 Å². The molecule has 1 amide bonds. The molecule has 0 aromatic heterocycles. The topological polar surface area (TPSA) is 20.3 Å². The van der Waals surface area contributed by atoms with Crippen LogP contribution in [0.2, 0.25) is 5.02 Å². The van der Waals surface area contributed by atoms with Crippen molar-refractivity contribution in [3.05, 3.63) is 34.9 Å². The molecule has 0 N–H and O–H groups in total. The van der Waals surface area contributed by atoms with Crippen LogP contribution in [0, 0.1) is 0 Å². The minimum absolute atomic E-state index is 0.462. The van der Waals surface area contributed by atoms with Crippen molar-refractivity contribution in [1.82, 2.24) is 4.90 Å². The maximum Gasteiger partial charge on any atom is 0.315 e. The van der Waals surface area contributed by atoms with Crippen molar-refractivity contribution in [2.75, 3.05) is 7.05 Å². The van der Waals surface area contributed by atoms with Crippen LogP contribution in [-0.2, 0) is 4.79 Å². The summed E-state index contributed by atoms with van der Waals surface area (Å²) in [5.74, 6) is -1.20. The molecule has 1 aromatic carbocycles. The molecular weight excluding hydrogens is 236 g/mol. The highest BCUT2D eigenvalue weighted by molar-refractivity contribution is 6.31. The summed E-state index contributed by atoms with van der Waals surface area (Å²) in [6, 6.07) is 6.39. The molecule has 0 heterocycles. The lowest BCUT2D eigenvalue weighted by molar-refractivity contribution is -0.143. The summed E-state index contributed by atoms with van der Waals surface area (Å²) in [5, 5.41) is 0.462. The molecule has 1 atom stereocenters. The van der Waals surface area contributed by atoms with Gasteiger partial charge < -0.3 is 4.90 Å². The van der Waals surface area contributed by atoms with Gasteiger partial charge in [-0.2, -0.15) is 8.78 Å². The van der Waals surface area contributed by atoms with Crippen molar-refractivity contribution in [2.45, 2.75) is 19.4 Å². The Morgan fingerprint density at radius 3 is 2.44 bits per heavy atom. The van der Waals surface area contributed by atoms with Crippen LogP contribution in [0.5, 0.6) is 0 Å². The monoisotopic (exact) mass is 247 g/mol. The second kappa shape index (κ2) is 5.25. The maximum absolute atomic E-state index is 12.2. The Morgan fingerprint density at radius 2 is 1.94 bits per heavy atom. The molecule has 0 radical (unpaired) electrons. The predicted octanol–water partition coefficient (Wildman–Crippen LogP) is 3.12. The number of halogens is 3. The van der Waals surface area contributed by atoms with Crippen molar-refractivity contribution in [2.24, 2.45) is 0 Å². The first-order valence-corrected chi connectivity index (χ1v) is 5.12. The van der Waals surface area contributed by atoms with Gasteiger partial charge in [-0.05, 0) is 18.6 Å². The molecule has 5 heteroatoms. The number of amides is 1. The molecule has 0 bridgehead atoms. The van der Waals surface area contributed by atoms with Crippen LogP contribution >= 0.6 is 11.6 Å². The number of alkyl halides is 2. The van der Waals surface area contributed by atoms with Gasteiger partial charge in [-0.3, -0.25) is 4.79 Å². The summed E-state index contributed by atoms with van der Waals surface area (Å²) in [4.78, 5) is 12.1. The van der Waals surface area contributed by atoms with Gasteiger partial charge in [0, 0.05) is 12.1 Å². The van der Waals surface area contributed by atoms with Crippen LogP contribution in [0.1, 0.15) is 18.5 Å². The van der Waals surface area contributed by atoms with Crippen molar-refractivity contribution < 1.29 is 13.6 Å². The van der Waals surface area contributed by atoms with Crippen LogP contribution in [0.3, 0.4) is 0 Å². The molecule has 0 spiro atoms. The SMILES string of the molecule is CC(c1ccccc1Cl)N(C)C(=O)C(F)F. The number of hydrogen-bond acceptors (Lipinski definition) is 1. The third kappa shape index (κ3) is 2.70. The third-order valence-corrected chi connectivity index (χ3v) is 2.81.